The molecule has 0 spiro atoms. The topological polar surface area (TPSA) is 29.1 Å². The van der Waals surface area contributed by atoms with Crippen LogP contribution in [0.25, 0.3) is 0 Å². The minimum Gasteiger partial charge on any atom is -0.304 e. The molecule has 3 rings (SSSR count). The van der Waals surface area contributed by atoms with Crippen LogP contribution >= 0.6 is 22.6 Å². The Hall–Kier alpha value is 0.360. The van der Waals surface area contributed by atoms with E-state index in [1.165, 1.54) is 25.7 Å². The maximum atomic E-state index is 11.1. The summed E-state index contributed by atoms with van der Waals surface area (Å²) in [6.45, 7) is 0. The van der Waals surface area contributed by atoms with Crippen LogP contribution in [0.3, 0.4) is 0 Å². The van der Waals surface area contributed by atoms with Crippen molar-refractivity contribution in [2.45, 2.75) is 37.8 Å². The Morgan fingerprint density at radius 1 is 1.27 bits per heavy atom. The van der Waals surface area contributed by atoms with E-state index in [1.807, 2.05) is 22.6 Å². The van der Waals surface area contributed by atoms with Gasteiger partial charge in [-0.15, -0.1) is 0 Å². The third-order valence-corrected chi connectivity index (χ3v) is 3.57. The third-order valence-electron chi connectivity index (χ3n) is 2.90. The highest BCUT2D eigenvalue weighted by Gasteiger charge is 2.37. The molecular weight excluding hydrogens is 253 g/mol. The Morgan fingerprint density at radius 3 is 2.18 bits per heavy atom. The number of rotatable bonds is 1. The van der Waals surface area contributed by atoms with Crippen molar-refractivity contribution in [2.75, 3.05) is 0 Å². The molecule has 2 bridgehead atoms. The van der Waals surface area contributed by atoms with E-state index in [2.05, 4.69) is 5.32 Å². The van der Waals surface area contributed by atoms with Crippen LogP contribution in [0.5, 0.6) is 0 Å². The summed E-state index contributed by atoms with van der Waals surface area (Å²) in [5.41, 5.74) is 0. The molecule has 11 heavy (non-hydrogen) atoms. The van der Waals surface area contributed by atoms with Crippen molar-refractivity contribution in [3.8, 4) is 0 Å². The summed E-state index contributed by atoms with van der Waals surface area (Å²) in [6.07, 6.45) is 5.09. The van der Waals surface area contributed by atoms with Crippen molar-refractivity contribution in [2.24, 2.45) is 5.92 Å². The molecule has 0 radical (unpaired) electrons. The Balaban J connectivity index is 2.08. The fraction of sp³-hybridized carbons (Fsp3) is 0.875. The van der Waals surface area contributed by atoms with E-state index in [9.17, 15) is 4.79 Å². The van der Waals surface area contributed by atoms with Gasteiger partial charge in [-0.2, -0.15) is 0 Å². The average molecular weight is 265 g/mol. The predicted molar refractivity (Wildman–Crippen MR) is 51.7 cm³/mol. The van der Waals surface area contributed by atoms with E-state index >= 15 is 0 Å². The van der Waals surface area contributed by atoms with Gasteiger partial charge < -0.3 is 5.32 Å². The summed E-state index contributed by atoms with van der Waals surface area (Å²) in [5, 5.41) is 3.40. The fourth-order valence-corrected chi connectivity index (χ4v) is 2.95. The van der Waals surface area contributed by atoms with Crippen LogP contribution in [0.4, 0.5) is 0 Å². The second kappa shape index (κ2) is 3.01. The first-order valence-electron chi connectivity index (χ1n) is 4.23. The maximum absolute atomic E-state index is 11.1. The van der Waals surface area contributed by atoms with Crippen molar-refractivity contribution in [1.29, 1.82) is 0 Å². The molecule has 3 aliphatic rings. The number of fused-ring (bicyclic) bond motifs is 3. The van der Waals surface area contributed by atoms with E-state index in [4.69, 9.17) is 0 Å². The molecule has 1 aliphatic carbocycles. The molecule has 2 heterocycles. The van der Waals surface area contributed by atoms with Gasteiger partial charge in [-0.05, 0) is 31.6 Å². The van der Waals surface area contributed by atoms with E-state index in [1.54, 1.807) is 0 Å². The van der Waals surface area contributed by atoms with Gasteiger partial charge in [-0.25, -0.2) is 0 Å². The molecule has 3 heteroatoms. The maximum Gasteiger partial charge on any atom is 0.209 e. The van der Waals surface area contributed by atoms with Crippen LogP contribution < -0.4 is 5.32 Å². The van der Waals surface area contributed by atoms with Crippen LogP contribution in [-0.4, -0.2) is 15.9 Å². The fourth-order valence-electron chi connectivity index (χ4n) is 2.26. The lowest BCUT2D eigenvalue weighted by Gasteiger charge is -2.41. The van der Waals surface area contributed by atoms with Crippen molar-refractivity contribution >= 4 is 26.4 Å². The zero-order valence-corrected chi connectivity index (χ0v) is 8.50. The standard InChI is InChI=1S/C8H12INO/c9-8(11)7-5-1-3-6(10-7)4-2-5/h5-7,10H,1-4H2/t5-,6+,7-/m0/s1. The molecular formula is C8H12INO. The molecule has 1 atom stereocenters. The van der Waals surface area contributed by atoms with Gasteiger partial charge >= 0.3 is 0 Å². The van der Waals surface area contributed by atoms with Gasteiger partial charge in [0, 0.05) is 28.6 Å². The van der Waals surface area contributed by atoms with E-state index in [0.29, 0.717) is 15.7 Å². The first kappa shape index (κ1) is 7.98. The summed E-state index contributed by atoms with van der Waals surface area (Å²) in [5.74, 6) is 0.643. The Bertz CT molecular complexity index is 175. The molecule has 62 valence electrons. The second-order valence-electron chi connectivity index (χ2n) is 3.56. The van der Waals surface area contributed by atoms with Crippen LogP contribution in [0, 0.1) is 5.92 Å². The first-order chi connectivity index (χ1) is 5.27. The highest BCUT2D eigenvalue weighted by molar-refractivity contribution is 14.1. The van der Waals surface area contributed by atoms with Gasteiger partial charge in [0.1, 0.15) is 0 Å². The molecule has 0 aromatic heterocycles. The highest BCUT2D eigenvalue weighted by atomic mass is 127. The number of hydrogen-bond donors (Lipinski definition) is 1. The molecule has 3 fully saturated rings. The minimum atomic E-state index is 0.183. The summed E-state index contributed by atoms with van der Waals surface area (Å²) in [4.78, 5) is 11.1. The van der Waals surface area contributed by atoms with Gasteiger partial charge in [0.25, 0.3) is 0 Å². The van der Waals surface area contributed by atoms with Gasteiger partial charge in [0.05, 0.1) is 6.04 Å². The van der Waals surface area contributed by atoms with Crippen molar-refractivity contribution in [3.63, 3.8) is 0 Å². The molecule has 0 amide bonds. The van der Waals surface area contributed by atoms with Crippen molar-refractivity contribution in [1.82, 2.24) is 5.32 Å². The number of carbonyl (C=O) groups is 1. The lowest BCUT2D eigenvalue weighted by atomic mass is 9.77. The number of halogens is 1. The molecule has 1 N–H and O–H groups in total. The Kier molecular flexibility index (Phi) is 2.19. The van der Waals surface area contributed by atoms with E-state index < -0.39 is 0 Å². The Morgan fingerprint density at radius 2 is 1.91 bits per heavy atom. The van der Waals surface area contributed by atoms with Gasteiger partial charge in [0.2, 0.25) is 3.79 Å². The molecule has 1 saturated carbocycles. The first-order valence-corrected chi connectivity index (χ1v) is 5.30. The number of carbonyl (C=O) groups excluding carboxylic acids is 1. The number of hydrogen-bond acceptors (Lipinski definition) is 2. The monoisotopic (exact) mass is 265 g/mol. The summed E-state index contributed by atoms with van der Waals surface area (Å²) < 4.78 is 0.303. The van der Waals surface area contributed by atoms with Gasteiger partial charge in [0.15, 0.2) is 0 Å². The molecule has 0 aromatic rings. The summed E-state index contributed by atoms with van der Waals surface area (Å²) >= 11 is 1.92. The van der Waals surface area contributed by atoms with Crippen molar-refractivity contribution in [3.05, 3.63) is 0 Å². The summed E-state index contributed by atoms with van der Waals surface area (Å²) in [6, 6.07) is 0.826. The van der Waals surface area contributed by atoms with Gasteiger partial charge in [-0.3, -0.25) is 4.79 Å². The smallest absolute Gasteiger partial charge is 0.209 e. The van der Waals surface area contributed by atoms with Crippen LogP contribution in [0.2, 0.25) is 0 Å². The highest BCUT2D eigenvalue weighted by Crippen LogP contribution is 2.33. The average Bonchev–Trinajstić information content (AvgIpc) is 2.06. The molecule has 0 unspecified atom stereocenters. The largest absolute Gasteiger partial charge is 0.304 e. The quantitative estimate of drug-likeness (QED) is 0.574. The number of piperidine rings is 2. The minimum absolute atomic E-state index is 0.183. The SMILES string of the molecule is O=C(I)[C@H]1N[C@H]2CC[C@@H]1CC2. The molecule has 0 aromatic carbocycles. The zero-order valence-electron chi connectivity index (χ0n) is 6.35. The van der Waals surface area contributed by atoms with Crippen LogP contribution in [0.15, 0.2) is 0 Å². The third kappa shape index (κ3) is 1.45. The van der Waals surface area contributed by atoms with E-state index in [-0.39, 0.29) is 6.04 Å². The summed E-state index contributed by atoms with van der Waals surface area (Å²) in [7, 11) is 0. The second-order valence-corrected chi connectivity index (χ2v) is 4.62. The lowest BCUT2D eigenvalue weighted by Crippen LogP contribution is -2.54. The lowest BCUT2D eigenvalue weighted by molar-refractivity contribution is -0.114. The number of nitrogens with one attached hydrogen (secondary N) is 1. The molecule has 2 nitrogen and oxygen atoms in total. The molecule has 2 aliphatic heterocycles. The van der Waals surface area contributed by atoms with Crippen LogP contribution in [0.1, 0.15) is 25.7 Å². The van der Waals surface area contributed by atoms with Gasteiger partial charge in [-0.1, -0.05) is 0 Å². The van der Waals surface area contributed by atoms with E-state index in [0.717, 1.165) is 0 Å². The normalized spacial score (nSPS) is 42.5. The zero-order chi connectivity index (χ0) is 7.84. The predicted octanol–water partition coefficient (Wildman–Crippen LogP) is 1.48. The Labute approximate surface area is 80.3 Å². The van der Waals surface area contributed by atoms with Crippen molar-refractivity contribution < 1.29 is 4.79 Å². The molecule has 2 saturated heterocycles. The van der Waals surface area contributed by atoms with Crippen LogP contribution in [-0.2, 0) is 4.79 Å².